The van der Waals surface area contributed by atoms with Crippen LogP contribution in [0.25, 0.3) is 0 Å². The highest BCUT2D eigenvalue weighted by Crippen LogP contribution is 2.27. The molecule has 6 nitrogen and oxygen atoms in total. The second-order valence-corrected chi connectivity index (χ2v) is 6.70. The predicted molar refractivity (Wildman–Crippen MR) is 76.8 cm³/mol. The number of aromatic nitrogens is 2. The fraction of sp³-hybridized carbons (Fsp3) is 0.231. The molecule has 8 heteroatoms. The van der Waals surface area contributed by atoms with Gasteiger partial charge in [0, 0.05) is 13.0 Å². The van der Waals surface area contributed by atoms with Gasteiger partial charge in [-0.2, -0.15) is 0 Å². The Labute approximate surface area is 127 Å². The summed E-state index contributed by atoms with van der Waals surface area (Å²) in [6.07, 6.45) is 2.80. The number of fused-ring (bicyclic) bond motifs is 1. The van der Waals surface area contributed by atoms with E-state index in [1.165, 1.54) is 12.4 Å². The van der Waals surface area contributed by atoms with E-state index in [1.54, 1.807) is 0 Å². The lowest BCUT2D eigenvalue weighted by atomic mass is 10.1. The number of hydrogen-bond donors (Lipinski definition) is 1. The molecule has 0 saturated carbocycles. The first-order chi connectivity index (χ1) is 10.0. The smallest absolute Gasteiger partial charge is 0.243 e. The van der Waals surface area contributed by atoms with Crippen LogP contribution in [0.2, 0.25) is 5.28 Å². The number of rotatable bonds is 4. The molecule has 0 spiro atoms. The van der Waals surface area contributed by atoms with Crippen molar-refractivity contribution in [1.29, 1.82) is 0 Å². The molecule has 0 fully saturated rings. The second kappa shape index (κ2) is 5.59. The van der Waals surface area contributed by atoms with Crippen LogP contribution in [-0.4, -0.2) is 31.0 Å². The molecule has 3 rings (SSSR count). The van der Waals surface area contributed by atoms with Crippen LogP contribution in [0, 0.1) is 0 Å². The van der Waals surface area contributed by atoms with E-state index in [0.29, 0.717) is 6.42 Å². The fourth-order valence-corrected chi connectivity index (χ4v) is 3.15. The SMILES string of the molecule is O=S(=O)(NCC1Cc2ccccc2O1)c1cnc(Cl)nc1. The molecule has 21 heavy (non-hydrogen) atoms. The zero-order chi connectivity index (χ0) is 14.9. The topological polar surface area (TPSA) is 81.2 Å². The summed E-state index contributed by atoms with van der Waals surface area (Å²) < 4.78 is 32.3. The summed E-state index contributed by atoms with van der Waals surface area (Å²) >= 11 is 5.54. The van der Waals surface area contributed by atoms with E-state index < -0.39 is 10.0 Å². The first-order valence-corrected chi connectivity index (χ1v) is 8.12. The molecule has 1 aliphatic rings. The van der Waals surface area contributed by atoms with Gasteiger partial charge in [0.15, 0.2) is 0 Å². The van der Waals surface area contributed by atoms with E-state index >= 15 is 0 Å². The van der Waals surface area contributed by atoms with Crippen molar-refractivity contribution in [2.45, 2.75) is 17.4 Å². The third kappa shape index (κ3) is 3.15. The van der Waals surface area contributed by atoms with Gasteiger partial charge in [-0.3, -0.25) is 0 Å². The molecule has 1 aromatic carbocycles. The van der Waals surface area contributed by atoms with Crippen molar-refractivity contribution in [3.05, 3.63) is 47.5 Å². The highest BCUT2D eigenvalue weighted by molar-refractivity contribution is 7.89. The third-order valence-corrected chi connectivity index (χ3v) is 4.70. The quantitative estimate of drug-likeness (QED) is 0.860. The Morgan fingerprint density at radius 1 is 1.29 bits per heavy atom. The van der Waals surface area contributed by atoms with Crippen LogP contribution < -0.4 is 9.46 Å². The second-order valence-electron chi connectivity index (χ2n) is 4.59. The Bertz CT molecular complexity index is 725. The summed E-state index contributed by atoms with van der Waals surface area (Å²) in [5.41, 5.74) is 1.08. The summed E-state index contributed by atoms with van der Waals surface area (Å²) in [4.78, 5) is 7.30. The van der Waals surface area contributed by atoms with Gasteiger partial charge in [-0.25, -0.2) is 23.1 Å². The van der Waals surface area contributed by atoms with E-state index in [2.05, 4.69) is 14.7 Å². The summed E-state index contributed by atoms with van der Waals surface area (Å²) in [6, 6.07) is 7.66. The molecule has 0 radical (unpaired) electrons. The standard InChI is InChI=1S/C13H12ClN3O3S/c14-13-15-7-11(8-16-13)21(18,19)17-6-10-5-9-3-1-2-4-12(9)20-10/h1-4,7-8,10,17H,5-6H2. The molecule has 1 atom stereocenters. The van der Waals surface area contributed by atoms with Gasteiger partial charge in [0.2, 0.25) is 15.3 Å². The number of sulfonamides is 1. The van der Waals surface area contributed by atoms with E-state index in [0.717, 1.165) is 11.3 Å². The lowest BCUT2D eigenvalue weighted by Crippen LogP contribution is -2.34. The van der Waals surface area contributed by atoms with Gasteiger partial charge in [0.05, 0.1) is 12.4 Å². The van der Waals surface area contributed by atoms with Gasteiger partial charge < -0.3 is 4.74 Å². The van der Waals surface area contributed by atoms with Crippen molar-refractivity contribution in [1.82, 2.24) is 14.7 Å². The van der Waals surface area contributed by atoms with Crippen LogP contribution in [0.15, 0.2) is 41.6 Å². The highest BCUT2D eigenvalue weighted by Gasteiger charge is 2.24. The van der Waals surface area contributed by atoms with Crippen LogP contribution >= 0.6 is 11.6 Å². The molecule has 0 aliphatic carbocycles. The minimum absolute atomic E-state index is 0.00326. The molecule has 2 aromatic rings. The Kier molecular flexibility index (Phi) is 3.79. The Morgan fingerprint density at radius 2 is 2.00 bits per heavy atom. The Hall–Kier alpha value is -1.70. The molecule has 1 aliphatic heterocycles. The number of hydrogen-bond acceptors (Lipinski definition) is 5. The number of benzene rings is 1. The van der Waals surface area contributed by atoms with Gasteiger partial charge in [0.1, 0.15) is 16.7 Å². The van der Waals surface area contributed by atoms with Crippen molar-refractivity contribution in [3.8, 4) is 5.75 Å². The molecule has 0 amide bonds. The van der Waals surface area contributed by atoms with Crippen LogP contribution in [0.1, 0.15) is 5.56 Å². The van der Waals surface area contributed by atoms with E-state index in [4.69, 9.17) is 16.3 Å². The van der Waals surface area contributed by atoms with Crippen LogP contribution in [0.4, 0.5) is 0 Å². The molecule has 1 N–H and O–H groups in total. The van der Waals surface area contributed by atoms with Crippen molar-refractivity contribution in [3.63, 3.8) is 0 Å². The zero-order valence-corrected chi connectivity index (χ0v) is 12.4. The maximum Gasteiger partial charge on any atom is 0.243 e. The van der Waals surface area contributed by atoms with Crippen LogP contribution in [0.5, 0.6) is 5.75 Å². The minimum atomic E-state index is -3.67. The first-order valence-electron chi connectivity index (χ1n) is 6.26. The number of halogens is 1. The van der Waals surface area contributed by atoms with Gasteiger partial charge in [0.25, 0.3) is 0 Å². The molecule has 2 heterocycles. The molecular formula is C13H12ClN3O3S. The molecule has 0 bridgehead atoms. The van der Waals surface area contributed by atoms with E-state index in [1.807, 2.05) is 24.3 Å². The molecule has 110 valence electrons. The first kappa shape index (κ1) is 14.2. The van der Waals surface area contributed by atoms with Crippen molar-refractivity contribution in [2.24, 2.45) is 0 Å². The Morgan fingerprint density at radius 3 is 2.71 bits per heavy atom. The summed E-state index contributed by atoms with van der Waals surface area (Å²) in [5, 5.41) is 0.00326. The van der Waals surface area contributed by atoms with Gasteiger partial charge in [-0.1, -0.05) is 18.2 Å². The van der Waals surface area contributed by atoms with E-state index in [-0.39, 0.29) is 22.8 Å². The van der Waals surface area contributed by atoms with Gasteiger partial charge in [-0.15, -0.1) is 0 Å². The number of nitrogens with one attached hydrogen (secondary N) is 1. The van der Waals surface area contributed by atoms with Crippen molar-refractivity contribution >= 4 is 21.6 Å². The predicted octanol–water partition coefficient (Wildman–Crippen LogP) is 1.41. The number of ether oxygens (including phenoxy) is 1. The van der Waals surface area contributed by atoms with Crippen LogP contribution in [-0.2, 0) is 16.4 Å². The van der Waals surface area contributed by atoms with Crippen molar-refractivity contribution < 1.29 is 13.2 Å². The molecule has 0 saturated heterocycles. The largest absolute Gasteiger partial charge is 0.488 e. The summed E-state index contributed by atoms with van der Waals surface area (Å²) in [7, 11) is -3.67. The lowest BCUT2D eigenvalue weighted by Gasteiger charge is -2.12. The van der Waals surface area contributed by atoms with E-state index in [9.17, 15) is 8.42 Å². The summed E-state index contributed by atoms with van der Waals surface area (Å²) in [6.45, 7) is 0.180. The fourth-order valence-electron chi connectivity index (χ4n) is 2.09. The number of nitrogens with zero attached hydrogens (tertiary/aromatic N) is 2. The molecule has 1 aromatic heterocycles. The maximum absolute atomic E-state index is 12.1. The molecular weight excluding hydrogens is 314 g/mol. The third-order valence-electron chi connectivity index (χ3n) is 3.12. The summed E-state index contributed by atoms with van der Waals surface area (Å²) in [5.74, 6) is 0.802. The number of para-hydroxylation sites is 1. The Balaban J connectivity index is 1.65. The van der Waals surface area contributed by atoms with Crippen molar-refractivity contribution in [2.75, 3.05) is 6.54 Å². The van der Waals surface area contributed by atoms with Gasteiger partial charge >= 0.3 is 0 Å². The average molecular weight is 326 g/mol. The van der Waals surface area contributed by atoms with Crippen LogP contribution in [0.3, 0.4) is 0 Å². The highest BCUT2D eigenvalue weighted by atomic mass is 35.5. The lowest BCUT2D eigenvalue weighted by molar-refractivity contribution is 0.236. The minimum Gasteiger partial charge on any atom is -0.488 e. The maximum atomic E-state index is 12.1. The zero-order valence-electron chi connectivity index (χ0n) is 10.9. The monoisotopic (exact) mass is 325 g/mol. The van der Waals surface area contributed by atoms with Gasteiger partial charge in [-0.05, 0) is 23.2 Å². The molecule has 1 unspecified atom stereocenters. The normalized spacial score (nSPS) is 17.3. The average Bonchev–Trinajstić information content (AvgIpc) is 2.89.